The summed E-state index contributed by atoms with van der Waals surface area (Å²) in [6.07, 6.45) is -0.444. The minimum atomic E-state index is -0.444. The Labute approximate surface area is 60.5 Å². The quantitative estimate of drug-likeness (QED) is 0.376. The molecule has 0 aliphatic heterocycles. The fourth-order valence-corrected chi connectivity index (χ4v) is 0.524. The van der Waals surface area contributed by atoms with Gasteiger partial charge in [0.25, 0.3) is 0 Å². The molecule has 0 aliphatic carbocycles. The summed E-state index contributed by atoms with van der Waals surface area (Å²) in [7, 11) is 0. The Hall–Kier alpha value is -0.160. The van der Waals surface area contributed by atoms with Crippen molar-refractivity contribution in [3.63, 3.8) is 0 Å². The van der Waals surface area contributed by atoms with Gasteiger partial charge in [-0.1, -0.05) is 0 Å². The second-order valence-corrected chi connectivity index (χ2v) is 2.32. The van der Waals surface area contributed by atoms with Gasteiger partial charge >= 0.3 is 0 Å². The molecule has 0 aromatic rings. The second-order valence-electron chi connectivity index (χ2n) is 2.32. The molecule has 1 atom stereocenters. The highest BCUT2D eigenvalue weighted by molar-refractivity contribution is 4.64. The van der Waals surface area contributed by atoms with Gasteiger partial charge in [0.15, 0.2) is 0 Å². The maximum Gasteiger partial charge on any atom is 0.0636 e. The highest BCUT2D eigenvalue weighted by atomic mass is 16.3. The maximum atomic E-state index is 8.77. The zero-order valence-corrected chi connectivity index (χ0v) is 6.12. The summed E-state index contributed by atoms with van der Waals surface area (Å²) in [6, 6.07) is -0.311. The number of aliphatic hydroxyl groups excluding tert-OH is 3. The van der Waals surface area contributed by atoms with Gasteiger partial charge in [0.05, 0.1) is 25.4 Å². The van der Waals surface area contributed by atoms with Gasteiger partial charge in [0.2, 0.25) is 0 Å². The fraction of sp³-hybridized carbons (Fsp3) is 1.00. The molecular formula is C6H15NO3. The third-order valence-corrected chi connectivity index (χ3v) is 1.14. The van der Waals surface area contributed by atoms with Crippen LogP contribution in [-0.2, 0) is 0 Å². The summed E-state index contributed by atoms with van der Waals surface area (Å²) in [5.41, 5.74) is 0. The molecule has 4 N–H and O–H groups in total. The summed E-state index contributed by atoms with van der Waals surface area (Å²) in [5.74, 6) is 0. The average Bonchev–Trinajstić information content (AvgIpc) is 1.90. The van der Waals surface area contributed by atoms with Crippen molar-refractivity contribution in [2.75, 3.05) is 19.8 Å². The van der Waals surface area contributed by atoms with Crippen molar-refractivity contribution < 1.29 is 15.3 Å². The molecule has 0 unspecified atom stereocenters. The van der Waals surface area contributed by atoms with E-state index >= 15 is 0 Å². The van der Waals surface area contributed by atoms with Crippen LogP contribution in [-0.4, -0.2) is 47.2 Å². The Bertz CT molecular complexity index is 73.4. The summed E-state index contributed by atoms with van der Waals surface area (Å²) >= 11 is 0. The van der Waals surface area contributed by atoms with E-state index in [-0.39, 0.29) is 19.3 Å². The number of nitrogens with one attached hydrogen (secondary N) is 1. The molecule has 10 heavy (non-hydrogen) atoms. The number of aliphatic hydroxyl groups is 3. The van der Waals surface area contributed by atoms with E-state index in [4.69, 9.17) is 15.3 Å². The summed E-state index contributed by atoms with van der Waals surface area (Å²) < 4.78 is 0. The fourth-order valence-electron chi connectivity index (χ4n) is 0.524. The van der Waals surface area contributed by atoms with Crippen LogP contribution in [0.2, 0.25) is 0 Å². The van der Waals surface area contributed by atoms with Crippen molar-refractivity contribution in [2.45, 2.75) is 19.1 Å². The lowest BCUT2D eigenvalue weighted by Gasteiger charge is -2.13. The molecular weight excluding hydrogens is 134 g/mol. The van der Waals surface area contributed by atoms with Crippen LogP contribution < -0.4 is 5.32 Å². The van der Waals surface area contributed by atoms with E-state index in [1.165, 1.54) is 0 Å². The topological polar surface area (TPSA) is 72.7 Å². The third kappa shape index (κ3) is 4.69. The van der Waals surface area contributed by atoms with Gasteiger partial charge in [-0.3, -0.25) is 0 Å². The van der Waals surface area contributed by atoms with Crippen LogP contribution in [0.3, 0.4) is 0 Å². The largest absolute Gasteiger partial charge is 0.395 e. The zero-order valence-electron chi connectivity index (χ0n) is 6.12. The third-order valence-electron chi connectivity index (χ3n) is 1.14. The molecule has 0 spiro atoms. The molecule has 62 valence electrons. The highest BCUT2D eigenvalue weighted by Gasteiger charge is 2.04. The van der Waals surface area contributed by atoms with Crippen LogP contribution in [0.5, 0.6) is 0 Å². The molecule has 0 saturated carbocycles. The minimum absolute atomic E-state index is 0.108. The highest BCUT2D eigenvalue weighted by Crippen LogP contribution is 1.81. The van der Waals surface area contributed by atoms with E-state index in [0.717, 1.165) is 0 Å². The van der Waals surface area contributed by atoms with Crippen molar-refractivity contribution in [3.8, 4) is 0 Å². The van der Waals surface area contributed by atoms with E-state index < -0.39 is 6.10 Å². The molecule has 0 aliphatic rings. The Kier molecular flexibility index (Phi) is 5.52. The normalized spacial score (nSPS) is 14.1. The lowest BCUT2D eigenvalue weighted by atomic mass is 10.3. The molecule has 0 aromatic heterocycles. The van der Waals surface area contributed by atoms with Crippen LogP contribution in [0, 0.1) is 0 Å². The van der Waals surface area contributed by atoms with Gasteiger partial charge < -0.3 is 20.6 Å². The Balaban J connectivity index is 3.26. The SMILES string of the molecule is C[C@H](O)CNC(CO)CO. The van der Waals surface area contributed by atoms with Gasteiger partial charge in [-0.25, -0.2) is 0 Å². The second kappa shape index (κ2) is 5.61. The Morgan fingerprint density at radius 2 is 1.80 bits per heavy atom. The van der Waals surface area contributed by atoms with Crippen molar-refractivity contribution in [1.82, 2.24) is 5.32 Å². The van der Waals surface area contributed by atoms with Gasteiger partial charge in [-0.15, -0.1) is 0 Å². The molecule has 0 rings (SSSR count). The minimum Gasteiger partial charge on any atom is -0.395 e. The molecule has 0 amide bonds. The predicted molar refractivity (Wildman–Crippen MR) is 37.6 cm³/mol. The van der Waals surface area contributed by atoms with Gasteiger partial charge in [-0.05, 0) is 6.92 Å². The molecule has 0 bridgehead atoms. The molecule has 0 fully saturated rings. The van der Waals surface area contributed by atoms with Crippen molar-refractivity contribution in [2.24, 2.45) is 0 Å². The lowest BCUT2D eigenvalue weighted by molar-refractivity contribution is 0.143. The van der Waals surface area contributed by atoms with Crippen LogP contribution in [0.1, 0.15) is 6.92 Å². The molecule has 0 aromatic carbocycles. The van der Waals surface area contributed by atoms with E-state index in [9.17, 15) is 0 Å². The first kappa shape index (κ1) is 9.84. The van der Waals surface area contributed by atoms with Crippen LogP contribution in [0.4, 0.5) is 0 Å². The summed E-state index contributed by atoms with van der Waals surface area (Å²) in [5, 5.41) is 28.6. The van der Waals surface area contributed by atoms with Crippen molar-refractivity contribution in [3.05, 3.63) is 0 Å². The zero-order chi connectivity index (χ0) is 7.98. The average molecular weight is 149 g/mol. The van der Waals surface area contributed by atoms with E-state index in [0.29, 0.717) is 6.54 Å². The van der Waals surface area contributed by atoms with E-state index in [1.807, 2.05) is 0 Å². The van der Waals surface area contributed by atoms with E-state index in [2.05, 4.69) is 5.32 Å². The maximum absolute atomic E-state index is 8.77. The van der Waals surface area contributed by atoms with Gasteiger partial charge in [0, 0.05) is 6.54 Å². The number of hydrogen-bond donors (Lipinski definition) is 4. The smallest absolute Gasteiger partial charge is 0.0636 e. The summed E-state index contributed by atoms with van der Waals surface area (Å²) in [4.78, 5) is 0. The molecule has 0 radical (unpaired) electrons. The molecule has 0 heterocycles. The number of rotatable bonds is 5. The first-order chi connectivity index (χ1) is 4.70. The lowest BCUT2D eigenvalue weighted by Crippen LogP contribution is -2.39. The number of hydrogen-bond acceptors (Lipinski definition) is 4. The Morgan fingerprint density at radius 1 is 1.30 bits per heavy atom. The standard InChI is InChI=1S/C6H15NO3/c1-5(10)2-7-6(3-8)4-9/h5-10H,2-4H2,1H3/t5-/m0/s1. The van der Waals surface area contributed by atoms with Crippen LogP contribution >= 0.6 is 0 Å². The monoisotopic (exact) mass is 149 g/mol. The molecule has 4 nitrogen and oxygen atoms in total. The van der Waals surface area contributed by atoms with Crippen LogP contribution in [0.25, 0.3) is 0 Å². The van der Waals surface area contributed by atoms with Crippen molar-refractivity contribution in [1.29, 1.82) is 0 Å². The van der Waals surface area contributed by atoms with E-state index in [1.54, 1.807) is 6.92 Å². The Morgan fingerprint density at radius 3 is 2.10 bits per heavy atom. The van der Waals surface area contributed by atoms with Crippen molar-refractivity contribution >= 4 is 0 Å². The van der Waals surface area contributed by atoms with Gasteiger partial charge in [0.1, 0.15) is 0 Å². The van der Waals surface area contributed by atoms with Crippen LogP contribution in [0.15, 0.2) is 0 Å². The first-order valence-corrected chi connectivity index (χ1v) is 3.33. The first-order valence-electron chi connectivity index (χ1n) is 3.33. The molecule has 4 heteroatoms. The molecule has 0 saturated heterocycles. The summed E-state index contributed by atoms with van der Waals surface area (Å²) in [6.45, 7) is 1.82. The predicted octanol–water partition coefficient (Wildman–Crippen LogP) is -1.69. The van der Waals surface area contributed by atoms with Gasteiger partial charge in [-0.2, -0.15) is 0 Å².